The number of aliphatic carboxylic acids is 1. The Balaban J connectivity index is 1.01. The molecule has 8 fully saturated rings. The smallest absolute Gasteiger partial charge is 0.335 e. The highest BCUT2D eigenvalue weighted by Gasteiger charge is 2.74. The second kappa shape index (κ2) is 27.0. The highest BCUT2D eigenvalue weighted by atomic mass is 16.8. The Kier molecular flexibility index (Phi) is 21.3. The van der Waals surface area contributed by atoms with Crippen LogP contribution in [0.2, 0.25) is 0 Å². The van der Waals surface area contributed by atoms with Crippen LogP contribution < -0.4 is 0 Å². The van der Waals surface area contributed by atoms with Gasteiger partial charge in [-0.1, -0.05) is 72.3 Å². The quantitative estimate of drug-likeness (QED) is 0.0314. The molecule has 0 spiro atoms. The standard InChI is InChI=1S/C65H100O27/c1-14-27(3)54(80)87-46-29(5)82-58(45(77)48(46)88-55(81)28(4)15-2)92-51-52(83-30(6)69)65(26-68)32(22-60(51,7)8)31-16-17-36-62(11)20-19-38(61(9,10)35(62)18-21-63(36,12)64(31,13)23-37(65)70)86-59-50(91-57-43(75)41(73)39(71)33(24-66)84-57)47(44(76)49(90-59)53(78)79)89-56-42(74)40(72)34(25-67)85-56/h14-16,29,32-52,56-59,66-68,70-77H,17-26H2,1-13H3,(H,78,79)/b27-14-,28-15-/t29-,32?,33+,34-,35?,36?,37+,38-,39-,40-,41-,42+,43+,44-,45+,46-,47-,48-,49-,50+,51-,52+,56-,57-,58-,59?,62-,63+,64+,65-/m0/s1. The first-order chi connectivity index (χ1) is 43.0. The van der Waals surface area contributed by atoms with Crippen molar-refractivity contribution < 1.29 is 133 Å². The van der Waals surface area contributed by atoms with Crippen LogP contribution in [0, 0.1) is 50.2 Å². The van der Waals surface area contributed by atoms with Crippen LogP contribution in [0.25, 0.3) is 0 Å². The fraction of sp³-hybridized carbons (Fsp3) is 0.846. The van der Waals surface area contributed by atoms with Crippen LogP contribution in [0.4, 0.5) is 0 Å². The molecular formula is C65H100O27. The zero-order valence-electron chi connectivity index (χ0n) is 54.8. The van der Waals surface area contributed by atoms with Gasteiger partial charge in [0, 0.05) is 18.1 Å². The molecule has 522 valence electrons. The molecule has 9 rings (SSSR count). The summed E-state index contributed by atoms with van der Waals surface area (Å²) in [7, 11) is 0. The zero-order valence-corrected chi connectivity index (χ0v) is 54.8. The minimum absolute atomic E-state index is 0.0439. The highest BCUT2D eigenvalue weighted by molar-refractivity contribution is 5.88. The summed E-state index contributed by atoms with van der Waals surface area (Å²) in [4.78, 5) is 53.0. The second-order valence-electron chi connectivity index (χ2n) is 29.3. The van der Waals surface area contributed by atoms with E-state index in [0.29, 0.717) is 32.1 Å². The Morgan fingerprint density at radius 1 is 0.587 bits per heavy atom. The Bertz CT molecular complexity index is 2790. The van der Waals surface area contributed by atoms with Crippen molar-refractivity contribution in [3.05, 3.63) is 34.9 Å². The van der Waals surface area contributed by atoms with E-state index in [-0.39, 0.29) is 35.8 Å². The number of carbonyl (C=O) groups is 4. The lowest BCUT2D eigenvalue weighted by Crippen LogP contribution is -2.73. The Morgan fingerprint density at radius 2 is 1.14 bits per heavy atom. The number of hydrogen-bond acceptors (Lipinski definition) is 26. The predicted molar refractivity (Wildman–Crippen MR) is 316 cm³/mol. The minimum Gasteiger partial charge on any atom is -0.479 e. The maximum atomic E-state index is 13.5. The molecule has 27 nitrogen and oxygen atoms in total. The number of rotatable bonds is 17. The van der Waals surface area contributed by atoms with Gasteiger partial charge in [-0.15, -0.1) is 0 Å². The molecule has 4 aliphatic heterocycles. The van der Waals surface area contributed by atoms with E-state index in [1.807, 2.05) is 27.7 Å². The fourth-order valence-electron chi connectivity index (χ4n) is 17.9. The van der Waals surface area contributed by atoms with Gasteiger partial charge in [0.05, 0.1) is 43.5 Å². The number of hydrogen-bond donors (Lipinski definition) is 12. The molecule has 9 aliphatic rings. The van der Waals surface area contributed by atoms with Crippen molar-refractivity contribution >= 4 is 23.9 Å². The molecule has 30 atom stereocenters. The van der Waals surface area contributed by atoms with E-state index in [1.165, 1.54) is 19.9 Å². The van der Waals surface area contributed by atoms with Crippen molar-refractivity contribution in [2.24, 2.45) is 50.2 Å². The molecule has 0 amide bonds. The summed E-state index contributed by atoms with van der Waals surface area (Å²) in [6.07, 6.45) is -28.8. The lowest BCUT2D eigenvalue weighted by atomic mass is 9.33. The largest absolute Gasteiger partial charge is 0.479 e. The van der Waals surface area contributed by atoms with Crippen molar-refractivity contribution in [1.82, 2.24) is 0 Å². The topological polar surface area (TPSA) is 413 Å². The molecule has 92 heavy (non-hydrogen) atoms. The molecule has 0 aromatic carbocycles. The minimum atomic E-state index is -2.13. The molecule has 4 saturated carbocycles. The van der Waals surface area contributed by atoms with Gasteiger partial charge in [0.1, 0.15) is 79.4 Å². The molecule has 27 heteroatoms. The van der Waals surface area contributed by atoms with Gasteiger partial charge in [-0.05, 0) is 124 Å². The van der Waals surface area contributed by atoms with Crippen LogP contribution in [0.15, 0.2) is 34.9 Å². The monoisotopic (exact) mass is 1310 g/mol. The fourth-order valence-corrected chi connectivity index (χ4v) is 17.9. The van der Waals surface area contributed by atoms with Crippen molar-refractivity contribution in [3.63, 3.8) is 0 Å². The van der Waals surface area contributed by atoms with Crippen molar-refractivity contribution in [2.45, 2.75) is 276 Å². The highest BCUT2D eigenvalue weighted by Crippen LogP contribution is 2.76. The zero-order chi connectivity index (χ0) is 68.0. The van der Waals surface area contributed by atoms with Crippen LogP contribution in [0.1, 0.15) is 135 Å². The second-order valence-corrected chi connectivity index (χ2v) is 29.3. The molecule has 0 aromatic heterocycles. The van der Waals surface area contributed by atoms with Crippen molar-refractivity contribution in [3.8, 4) is 0 Å². The number of carboxylic acid groups (broad SMARTS) is 1. The third-order valence-corrected chi connectivity index (χ3v) is 23.6. The van der Waals surface area contributed by atoms with Gasteiger partial charge in [-0.2, -0.15) is 0 Å². The maximum Gasteiger partial charge on any atom is 0.335 e. The molecule has 4 unspecified atom stereocenters. The number of carboxylic acids is 1. The Hall–Kier alpha value is -3.66. The van der Waals surface area contributed by atoms with Gasteiger partial charge in [-0.3, -0.25) is 4.79 Å². The predicted octanol–water partition coefficient (Wildman–Crippen LogP) is 0.715. The first kappa shape index (κ1) is 72.6. The van der Waals surface area contributed by atoms with E-state index in [0.717, 1.165) is 5.57 Å². The van der Waals surface area contributed by atoms with E-state index in [4.69, 9.17) is 52.1 Å². The third-order valence-electron chi connectivity index (χ3n) is 23.6. The molecule has 0 bridgehead atoms. The van der Waals surface area contributed by atoms with Crippen LogP contribution in [-0.2, 0) is 71.3 Å². The van der Waals surface area contributed by atoms with Crippen LogP contribution in [-0.4, -0.2) is 246 Å². The summed E-state index contributed by atoms with van der Waals surface area (Å²) >= 11 is 0. The van der Waals surface area contributed by atoms with E-state index in [1.54, 1.807) is 33.8 Å². The number of aliphatic hydroxyl groups excluding tert-OH is 11. The number of carbonyl (C=O) groups excluding carboxylic acids is 3. The molecule has 12 N–H and O–H groups in total. The average molecular weight is 1310 g/mol. The van der Waals surface area contributed by atoms with Crippen molar-refractivity contribution in [1.29, 1.82) is 0 Å². The van der Waals surface area contributed by atoms with E-state index in [2.05, 4.69) is 26.8 Å². The third kappa shape index (κ3) is 12.2. The van der Waals surface area contributed by atoms with Gasteiger partial charge in [0.2, 0.25) is 0 Å². The Morgan fingerprint density at radius 3 is 1.70 bits per heavy atom. The van der Waals surface area contributed by atoms with Gasteiger partial charge in [-0.25, -0.2) is 14.4 Å². The van der Waals surface area contributed by atoms with Crippen LogP contribution in [0.5, 0.6) is 0 Å². The maximum absolute atomic E-state index is 13.5. The van der Waals surface area contributed by atoms with E-state index in [9.17, 15) is 80.5 Å². The first-order valence-electron chi connectivity index (χ1n) is 32.3. The number of fused-ring (bicyclic) bond motifs is 7. The van der Waals surface area contributed by atoms with Gasteiger partial charge in [0.25, 0.3) is 0 Å². The molecular weight excluding hydrogens is 1210 g/mol. The van der Waals surface area contributed by atoms with E-state index < -0.39 is 223 Å². The SMILES string of the molecule is C/C=C(/C)C(=O)O[C@@H]1[C@@H](OC(=O)/C(C)=C\C)[C@@H](O)[C@H](O[C@H]2[C@@H](OC(C)=O)[C@@]3(CO)C(CC2(C)C)C2=CCC4[C@@]5(C)CC[C@H](OC6O[C@H](C(=O)O)[C@@H](O)[C@H](O[C@@H]7O[C@@H](CO)[C@H](O)[C@H]7O)[C@H]6O[C@@H]6O[C@H](CO)[C@H](O)[C@H](O)[C@H]6O)C(C)(C)C5CC[C@@]4(C)[C@]2(C)C[C@H]3O)O[C@H]1C. The normalized spacial score (nSPS) is 48.4. The van der Waals surface area contributed by atoms with Gasteiger partial charge in [0.15, 0.2) is 43.5 Å². The van der Waals surface area contributed by atoms with Crippen molar-refractivity contribution in [2.75, 3.05) is 19.8 Å². The number of aliphatic hydroxyl groups is 11. The molecule has 4 heterocycles. The average Bonchev–Trinajstić information content (AvgIpc) is 0.723. The first-order valence-corrected chi connectivity index (χ1v) is 32.3. The number of esters is 3. The summed E-state index contributed by atoms with van der Waals surface area (Å²) in [6.45, 7) is 21.5. The van der Waals surface area contributed by atoms with Crippen LogP contribution >= 0.6 is 0 Å². The molecule has 5 aliphatic carbocycles. The molecule has 4 saturated heterocycles. The van der Waals surface area contributed by atoms with E-state index >= 15 is 0 Å². The van der Waals surface area contributed by atoms with Crippen LogP contribution in [0.3, 0.4) is 0 Å². The summed E-state index contributed by atoms with van der Waals surface area (Å²) in [5.74, 6) is -4.65. The van der Waals surface area contributed by atoms with Gasteiger partial charge < -0.3 is 113 Å². The lowest BCUT2D eigenvalue weighted by molar-refractivity contribution is -0.386. The molecule has 0 radical (unpaired) electrons. The summed E-state index contributed by atoms with van der Waals surface area (Å²) < 4.78 is 67.8. The summed E-state index contributed by atoms with van der Waals surface area (Å²) in [6, 6.07) is 0. The Labute approximate surface area is 535 Å². The van der Waals surface area contributed by atoms with Gasteiger partial charge >= 0.3 is 23.9 Å². The summed E-state index contributed by atoms with van der Waals surface area (Å²) in [5, 5.41) is 134. The number of ether oxygens (including phenoxy) is 11. The molecule has 0 aromatic rings. The summed E-state index contributed by atoms with van der Waals surface area (Å²) in [5.41, 5.74) is -3.55. The lowest BCUT2D eigenvalue weighted by Gasteiger charge is -2.72. The number of allylic oxidation sites excluding steroid dienone is 4.